The molecule has 60 heavy (non-hydrogen) atoms. The molecule has 2 aromatic heterocycles. The summed E-state index contributed by atoms with van der Waals surface area (Å²) in [5.74, 6) is 0.786. The third-order valence-corrected chi connectivity index (χ3v) is 13.5. The van der Waals surface area contributed by atoms with Crippen LogP contribution in [-0.4, -0.2) is 58.4 Å². The maximum atomic E-state index is 13.0. The largest absolute Gasteiger partial charge is 0.467 e. The van der Waals surface area contributed by atoms with Crippen LogP contribution in [0.3, 0.4) is 0 Å². The lowest BCUT2D eigenvalue weighted by Gasteiger charge is -2.23. The molecule has 0 bridgehead atoms. The first-order valence-corrected chi connectivity index (χ1v) is 22.6. The molecule has 0 saturated heterocycles. The lowest BCUT2D eigenvalue weighted by molar-refractivity contribution is 0.0514. The van der Waals surface area contributed by atoms with E-state index in [0.717, 1.165) is 69.1 Å². The van der Waals surface area contributed by atoms with Gasteiger partial charge in [-0.3, -0.25) is 0 Å². The van der Waals surface area contributed by atoms with Crippen LogP contribution in [0.15, 0.2) is 88.4 Å². The predicted octanol–water partition coefficient (Wildman–Crippen LogP) is 11.5. The van der Waals surface area contributed by atoms with E-state index >= 15 is 0 Å². The summed E-state index contributed by atoms with van der Waals surface area (Å²) in [6.07, 6.45) is 12.1. The molecule has 0 aliphatic heterocycles. The van der Waals surface area contributed by atoms with Crippen LogP contribution in [0.25, 0.3) is 33.1 Å². The molecular formula is C47H51BrN2O9S. The summed E-state index contributed by atoms with van der Waals surface area (Å²) in [6.45, 7) is 1.85. The minimum atomic E-state index is -4.04. The molecule has 2 saturated carbocycles. The number of carbonyl (C=O) groups is 2. The zero-order chi connectivity index (χ0) is 42.4. The molecule has 0 atom stereocenters. The first-order valence-electron chi connectivity index (χ1n) is 20.4. The fourth-order valence-corrected chi connectivity index (χ4v) is 10.3. The normalized spacial score (nSPS) is 15.0. The van der Waals surface area contributed by atoms with Gasteiger partial charge in [-0.25, -0.2) is 9.59 Å². The number of aryl methyl sites for hydroxylation is 1. The second-order valence-corrected chi connectivity index (χ2v) is 17.8. The van der Waals surface area contributed by atoms with Gasteiger partial charge >= 0.3 is 22.1 Å². The third-order valence-electron chi connectivity index (χ3n) is 11.6. The smallest absolute Gasteiger partial charge is 0.339 e. The van der Waals surface area contributed by atoms with Gasteiger partial charge < -0.3 is 33.1 Å². The Hall–Kier alpha value is -5.11. The Bertz CT molecular complexity index is 2590. The molecule has 13 heteroatoms. The van der Waals surface area contributed by atoms with Crippen molar-refractivity contribution >= 4 is 59.8 Å². The number of H-pyrrole nitrogens is 2. The molecule has 0 amide bonds. The molecular weight excluding hydrogens is 848 g/mol. The van der Waals surface area contributed by atoms with E-state index in [9.17, 15) is 18.0 Å². The van der Waals surface area contributed by atoms with E-state index in [-0.39, 0.29) is 23.4 Å². The van der Waals surface area contributed by atoms with E-state index < -0.39 is 16.1 Å². The number of fused-ring (bicyclic) bond motifs is 2. The molecule has 316 valence electrons. The highest BCUT2D eigenvalue weighted by molar-refractivity contribution is 9.10. The van der Waals surface area contributed by atoms with Crippen LogP contribution >= 0.6 is 15.9 Å². The van der Waals surface area contributed by atoms with Crippen molar-refractivity contribution in [3.63, 3.8) is 0 Å². The van der Waals surface area contributed by atoms with Crippen LogP contribution in [0.2, 0.25) is 0 Å². The minimum absolute atomic E-state index is 0.0351. The van der Waals surface area contributed by atoms with E-state index in [1.165, 1.54) is 82.9 Å². The molecule has 2 aliphatic rings. The quantitative estimate of drug-likeness (QED) is 0.0737. The molecule has 4 aromatic carbocycles. The summed E-state index contributed by atoms with van der Waals surface area (Å²) in [6, 6.07) is 22.8. The fourth-order valence-electron chi connectivity index (χ4n) is 8.60. The van der Waals surface area contributed by atoms with Crippen LogP contribution < -0.4 is 8.92 Å². The topological polar surface area (TPSA) is 146 Å². The van der Waals surface area contributed by atoms with Crippen molar-refractivity contribution in [3.8, 4) is 22.8 Å². The maximum absolute atomic E-state index is 13.0. The van der Waals surface area contributed by atoms with Crippen LogP contribution in [0, 0.1) is 6.92 Å². The number of esters is 2. The van der Waals surface area contributed by atoms with Crippen LogP contribution in [0.4, 0.5) is 0 Å². The highest BCUT2D eigenvalue weighted by Gasteiger charge is 2.27. The zero-order valence-electron chi connectivity index (χ0n) is 34.4. The van der Waals surface area contributed by atoms with Crippen molar-refractivity contribution in [2.75, 3.05) is 28.1 Å². The second-order valence-electron chi connectivity index (χ2n) is 15.5. The Kier molecular flexibility index (Phi) is 13.7. The second kappa shape index (κ2) is 19.1. The number of hydrogen-bond acceptors (Lipinski definition) is 9. The van der Waals surface area contributed by atoms with Gasteiger partial charge in [0, 0.05) is 40.5 Å². The third kappa shape index (κ3) is 9.43. The highest BCUT2D eigenvalue weighted by Crippen LogP contribution is 2.46. The summed E-state index contributed by atoms with van der Waals surface area (Å²) in [5.41, 5.74) is 7.95. The molecule has 0 radical (unpaired) electrons. The Morgan fingerprint density at radius 2 is 1.23 bits per heavy atom. The van der Waals surface area contributed by atoms with Gasteiger partial charge in [0.2, 0.25) is 0 Å². The van der Waals surface area contributed by atoms with Gasteiger partial charge in [-0.15, -0.1) is 0 Å². The number of halogens is 1. The van der Waals surface area contributed by atoms with Crippen molar-refractivity contribution in [2.24, 2.45) is 0 Å². The monoisotopic (exact) mass is 898 g/mol. The average Bonchev–Trinajstić information content (AvgIpc) is 3.82. The summed E-state index contributed by atoms with van der Waals surface area (Å²) in [7, 11) is 0.247. The SMILES string of the molecule is COC(=O)c1ccc2c(C3CCCCC3)c(Br)[nH]c2c1.COCOc1cc(OS(=O)(=O)c2ccc(C)cc2)ccc1-c1[nH]c2cc(C(=O)OC)ccc2c1C1CCCCC1. The number of carbonyl (C=O) groups excluding carboxylic acids is 2. The number of aromatic nitrogens is 2. The number of rotatable bonds is 11. The molecule has 6 aromatic rings. The maximum Gasteiger partial charge on any atom is 0.339 e. The van der Waals surface area contributed by atoms with E-state index in [2.05, 4.69) is 25.9 Å². The molecule has 2 heterocycles. The lowest BCUT2D eigenvalue weighted by Crippen LogP contribution is -2.10. The highest BCUT2D eigenvalue weighted by atomic mass is 79.9. The molecule has 2 N–H and O–H groups in total. The molecule has 11 nitrogen and oxygen atoms in total. The Labute approximate surface area is 359 Å². The first kappa shape index (κ1) is 43.0. The summed E-state index contributed by atoms with van der Waals surface area (Å²) >= 11 is 3.65. The molecule has 2 aliphatic carbocycles. The molecule has 8 rings (SSSR count). The van der Waals surface area contributed by atoms with Crippen LogP contribution in [-0.2, 0) is 24.3 Å². The number of ether oxygens (including phenoxy) is 4. The Morgan fingerprint density at radius 3 is 1.80 bits per heavy atom. The standard InChI is InChI=1S/C31H33NO7S.C16H18BrNO2/c1-20-9-13-24(14-10-20)40(34,35)39-23-12-16-26(28(18-23)38-19-36-2)30-29(21-7-5-4-6-8-21)25-15-11-22(31(33)37-3)17-27(25)32-30;1-20-16(19)11-7-8-12-13(9-11)18-15(17)14(12)10-5-3-2-4-6-10/h9-18,21,32H,4-8,19H2,1-3H3;7-10,18H,2-6H2,1H3. The average molecular weight is 900 g/mol. The summed E-state index contributed by atoms with van der Waals surface area (Å²) in [4.78, 5) is 30.8. The van der Waals surface area contributed by atoms with Gasteiger partial charge in [0.15, 0.2) is 6.79 Å². The van der Waals surface area contributed by atoms with E-state index in [0.29, 0.717) is 28.7 Å². The van der Waals surface area contributed by atoms with E-state index in [4.69, 9.17) is 23.1 Å². The fraction of sp³-hybridized carbons (Fsp3) is 0.362. The van der Waals surface area contributed by atoms with Crippen LogP contribution in [0.1, 0.15) is 113 Å². The molecule has 2 fully saturated rings. The lowest BCUT2D eigenvalue weighted by atomic mass is 9.81. The van der Waals surface area contributed by atoms with Crippen molar-refractivity contribution in [3.05, 3.63) is 111 Å². The number of nitrogens with one attached hydrogen (secondary N) is 2. The zero-order valence-corrected chi connectivity index (χ0v) is 36.8. The van der Waals surface area contributed by atoms with Gasteiger partial charge in [0.1, 0.15) is 16.4 Å². The van der Waals surface area contributed by atoms with Crippen molar-refractivity contribution in [1.82, 2.24) is 9.97 Å². The van der Waals surface area contributed by atoms with Gasteiger partial charge in [-0.1, -0.05) is 68.4 Å². The summed E-state index contributed by atoms with van der Waals surface area (Å²) in [5, 5.41) is 2.26. The minimum Gasteiger partial charge on any atom is -0.467 e. The van der Waals surface area contributed by atoms with Crippen molar-refractivity contribution < 1.29 is 41.1 Å². The van der Waals surface area contributed by atoms with E-state index in [1.54, 1.807) is 42.5 Å². The van der Waals surface area contributed by atoms with E-state index in [1.807, 2.05) is 31.2 Å². The Morgan fingerprint density at radius 1 is 0.683 bits per heavy atom. The molecule has 0 unspecified atom stereocenters. The van der Waals surface area contributed by atoms with Gasteiger partial charge in [0.25, 0.3) is 0 Å². The van der Waals surface area contributed by atoms with Gasteiger partial charge in [-0.2, -0.15) is 8.42 Å². The van der Waals surface area contributed by atoms with Crippen molar-refractivity contribution in [1.29, 1.82) is 0 Å². The predicted molar refractivity (Wildman–Crippen MR) is 236 cm³/mol. The number of methoxy groups -OCH3 is 3. The van der Waals surface area contributed by atoms with Crippen molar-refractivity contribution in [2.45, 2.75) is 87.9 Å². The number of benzene rings is 4. The van der Waals surface area contributed by atoms with Crippen LogP contribution in [0.5, 0.6) is 11.5 Å². The van der Waals surface area contributed by atoms with Gasteiger partial charge in [-0.05, 0) is 120 Å². The number of hydrogen-bond donors (Lipinski definition) is 2. The first-order chi connectivity index (χ1) is 29.0. The molecule has 0 spiro atoms. The number of aromatic amines is 2. The summed E-state index contributed by atoms with van der Waals surface area (Å²) < 4.78 is 53.3. The Balaban J connectivity index is 0.000000227. The van der Waals surface area contributed by atoms with Gasteiger partial charge in [0.05, 0.1) is 35.6 Å².